The van der Waals surface area contributed by atoms with Gasteiger partial charge in [0, 0.05) is 37.6 Å². The molecule has 2 saturated heterocycles. The van der Waals surface area contributed by atoms with Crippen LogP contribution in [-0.2, 0) is 0 Å². The monoisotopic (exact) mass is 172 g/mol. The zero-order valence-corrected chi connectivity index (χ0v) is 7.81. The van der Waals surface area contributed by atoms with Gasteiger partial charge in [-0.2, -0.15) is 0 Å². The lowest BCUT2D eigenvalue weighted by Gasteiger charge is -2.50. The second-order valence-electron chi connectivity index (χ2n) is 4.46. The molecule has 0 aromatic heterocycles. The van der Waals surface area contributed by atoms with E-state index in [4.69, 9.17) is 0 Å². The molecule has 3 heteroatoms. The molecule has 0 aromatic carbocycles. The second-order valence-corrected chi connectivity index (χ2v) is 4.46. The van der Waals surface area contributed by atoms with Crippen molar-refractivity contribution in [3.8, 4) is 0 Å². The van der Waals surface area contributed by atoms with Gasteiger partial charge in [-0.3, -0.25) is 4.90 Å². The topological polar surface area (TPSA) is 15.3 Å². The molecule has 2 fully saturated rings. The Kier molecular flexibility index (Phi) is 1.88. The average molecular weight is 172 g/mol. The first-order valence-electron chi connectivity index (χ1n) is 4.73. The van der Waals surface area contributed by atoms with Crippen molar-refractivity contribution in [3.05, 3.63) is 0 Å². The van der Waals surface area contributed by atoms with E-state index in [1.165, 1.54) is 0 Å². The summed E-state index contributed by atoms with van der Waals surface area (Å²) in [4.78, 5) is 2.33. The number of hydrogen-bond donors (Lipinski definition) is 1. The molecule has 2 rings (SSSR count). The van der Waals surface area contributed by atoms with Crippen LogP contribution in [0.15, 0.2) is 0 Å². The van der Waals surface area contributed by atoms with Crippen LogP contribution in [0.2, 0.25) is 0 Å². The summed E-state index contributed by atoms with van der Waals surface area (Å²) in [6, 6.07) is 0.573. The van der Waals surface area contributed by atoms with Gasteiger partial charge in [-0.15, -0.1) is 0 Å². The quantitative estimate of drug-likeness (QED) is 0.624. The Morgan fingerprint density at radius 1 is 1.50 bits per heavy atom. The predicted octanol–water partition coefficient (Wildman–Crippen LogP) is 0.638. The van der Waals surface area contributed by atoms with E-state index in [-0.39, 0.29) is 5.41 Å². The van der Waals surface area contributed by atoms with Gasteiger partial charge in [0.15, 0.2) is 0 Å². The van der Waals surface area contributed by atoms with Crippen molar-refractivity contribution in [1.82, 2.24) is 10.2 Å². The minimum absolute atomic E-state index is 0.0235. The summed E-state index contributed by atoms with van der Waals surface area (Å²) in [5, 5.41) is 3.12. The van der Waals surface area contributed by atoms with Gasteiger partial charge < -0.3 is 5.32 Å². The molecule has 1 unspecified atom stereocenters. The normalized spacial score (nSPS) is 34.5. The van der Waals surface area contributed by atoms with Crippen LogP contribution in [0.4, 0.5) is 4.39 Å². The van der Waals surface area contributed by atoms with E-state index >= 15 is 0 Å². The maximum atomic E-state index is 13.4. The van der Waals surface area contributed by atoms with Crippen LogP contribution in [0.5, 0.6) is 0 Å². The van der Waals surface area contributed by atoms with Crippen LogP contribution in [-0.4, -0.2) is 43.3 Å². The Morgan fingerprint density at radius 2 is 2.17 bits per heavy atom. The number of likely N-dealkylation sites (tertiary alicyclic amines) is 1. The van der Waals surface area contributed by atoms with Crippen LogP contribution < -0.4 is 5.32 Å². The van der Waals surface area contributed by atoms with Crippen LogP contribution in [0, 0.1) is 5.41 Å². The van der Waals surface area contributed by atoms with Gasteiger partial charge >= 0.3 is 0 Å². The summed E-state index contributed by atoms with van der Waals surface area (Å²) in [6.45, 7) is 7.66. The number of nitrogens with one attached hydrogen (secondary N) is 1. The first-order valence-corrected chi connectivity index (χ1v) is 4.73. The highest BCUT2D eigenvalue weighted by Crippen LogP contribution is 2.38. The lowest BCUT2D eigenvalue weighted by molar-refractivity contribution is -0.0472. The smallest absolute Gasteiger partial charge is 0.122 e. The molecule has 12 heavy (non-hydrogen) atoms. The SMILES string of the molecule is CC(C)N1CC2(CNCC2F)C1. The van der Waals surface area contributed by atoms with Gasteiger partial charge in [-0.05, 0) is 13.8 Å². The molecule has 2 heterocycles. The fraction of sp³-hybridized carbons (Fsp3) is 1.00. The standard InChI is InChI=1S/C9H17FN2/c1-7(2)12-5-9(6-12)4-11-3-8(9)10/h7-8,11H,3-6H2,1-2H3. The van der Waals surface area contributed by atoms with E-state index in [1.54, 1.807) is 0 Å². The number of rotatable bonds is 1. The molecule has 0 radical (unpaired) electrons. The van der Waals surface area contributed by atoms with Gasteiger partial charge in [0.2, 0.25) is 0 Å². The summed E-state index contributed by atoms with van der Waals surface area (Å²) in [6.07, 6.45) is -0.618. The van der Waals surface area contributed by atoms with Crippen molar-refractivity contribution in [2.45, 2.75) is 26.1 Å². The van der Waals surface area contributed by atoms with Crippen molar-refractivity contribution < 1.29 is 4.39 Å². The zero-order valence-electron chi connectivity index (χ0n) is 7.81. The molecule has 2 aliphatic rings. The number of nitrogens with zero attached hydrogens (tertiary/aromatic N) is 1. The van der Waals surface area contributed by atoms with Crippen LogP contribution in [0.1, 0.15) is 13.8 Å². The molecule has 2 nitrogen and oxygen atoms in total. The van der Waals surface area contributed by atoms with Crippen LogP contribution in [0.3, 0.4) is 0 Å². The van der Waals surface area contributed by atoms with Crippen molar-refractivity contribution in [3.63, 3.8) is 0 Å². The summed E-state index contributed by atoms with van der Waals surface area (Å²) in [5.74, 6) is 0. The molecular weight excluding hydrogens is 155 g/mol. The molecule has 2 aliphatic heterocycles. The Hall–Kier alpha value is -0.150. The van der Waals surface area contributed by atoms with E-state index in [9.17, 15) is 4.39 Å². The highest BCUT2D eigenvalue weighted by molar-refractivity contribution is 5.06. The highest BCUT2D eigenvalue weighted by atomic mass is 19.1. The third-order valence-electron chi connectivity index (χ3n) is 3.23. The largest absolute Gasteiger partial charge is 0.313 e. The Balaban J connectivity index is 1.93. The molecule has 0 amide bonds. The predicted molar refractivity (Wildman–Crippen MR) is 46.9 cm³/mol. The molecule has 1 spiro atoms. The molecular formula is C9H17FN2. The van der Waals surface area contributed by atoms with Crippen molar-refractivity contribution in [1.29, 1.82) is 0 Å². The summed E-state index contributed by atoms with van der Waals surface area (Å²) >= 11 is 0. The van der Waals surface area contributed by atoms with Gasteiger partial charge in [0.25, 0.3) is 0 Å². The molecule has 1 N–H and O–H groups in total. The van der Waals surface area contributed by atoms with Gasteiger partial charge in [-0.25, -0.2) is 4.39 Å². The summed E-state index contributed by atoms with van der Waals surface area (Å²) < 4.78 is 13.4. The molecule has 0 saturated carbocycles. The molecule has 0 aliphatic carbocycles. The van der Waals surface area contributed by atoms with Crippen LogP contribution in [0.25, 0.3) is 0 Å². The van der Waals surface area contributed by atoms with Crippen molar-refractivity contribution in [2.24, 2.45) is 5.41 Å². The van der Waals surface area contributed by atoms with E-state index in [0.717, 1.165) is 19.6 Å². The Labute approximate surface area is 73.1 Å². The number of halogens is 1. The first kappa shape index (κ1) is 8.45. The van der Waals surface area contributed by atoms with Gasteiger partial charge in [0.05, 0.1) is 0 Å². The van der Waals surface area contributed by atoms with Crippen molar-refractivity contribution >= 4 is 0 Å². The Bertz CT molecular complexity index is 175. The Morgan fingerprint density at radius 3 is 2.58 bits per heavy atom. The van der Waals surface area contributed by atoms with Crippen LogP contribution >= 0.6 is 0 Å². The fourth-order valence-electron chi connectivity index (χ4n) is 2.21. The molecule has 0 aromatic rings. The molecule has 1 atom stereocenters. The van der Waals surface area contributed by atoms with E-state index in [0.29, 0.717) is 12.6 Å². The van der Waals surface area contributed by atoms with Gasteiger partial charge in [0.1, 0.15) is 6.17 Å². The summed E-state index contributed by atoms with van der Waals surface area (Å²) in [5.41, 5.74) is -0.0235. The molecule has 0 bridgehead atoms. The lowest BCUT2D eigenvalue weighted by atomic mass is 9.77. The maximum Gasteiger partial charge on any atom is 0.122 e. The van der Waals surface area contributed by atoms with E-state index < -0.39 is 6.17 Å². The number of alkyl halides is 1. The van der Waals surface area contributed by atoms with Gasteiger partial charge in [-0.1, -0.05) is 0 Å². The first-order chi connectivity index (χ1) is 5.64. The fourth-order valence-corrected chi connectivity index (χ4v) is 2.21. The second kappa shape index (κ2) is 2.67. The zero-order chi connectivity index (χ0) is 8.77. The lowest BCUT2D eigenvalue weighted by Crippen LogP contribution is -2.62. The minimum Gasteiger partial charge on any atom is -0.313 e. The van der Waals surface area contributed by atoms with E-state index in [2.05, 4.69) is 24.1 Å². The molecule has 70 valence electrons. The third kappa shape index (κ3) is 1.07. The highest BCUT2D eigenvalue weighted by Gasteiger charge is 2.52. The van der Waals surface area contributed by atoms with Crippen molar-refractivity contribution in [2.75, 3.05) is 26.2 Å². The third-order valence-corrected chi connectivity index (χ3v) is 3.23. The number of hydrogen-bond acceptors (Lipinski definition) is 2. The average Bonchev–Trinajstić information content (AvgIpc) is 2.26. The minimum atomic E-state index is -0.618. The van der Waals surface area contributed by atoms with E-state index in [1.807, 2.05) is 0 Å². The summed E-state index contributed by atoms with van der Waals surface area (Å²) in [7, 11) is 0. The maximum absolute atomic E-state index is 13.4.